The molecule has 0 aromatic heterocycles. The molecule has 0 amide bonds. The van der Waals surface area contributed by atoms with Crippen LogP contribution in [0.5, 0.6) is 11.5 Å². The molecule has 0 saturated carbocycles. The third kappa shape index (κ3) is 2.70. The van der Waals surface area contributed by atoms with Crippen molar-refractivity contribution < 1.29 is 21.7 Å². The van der Waals surface area contributed by atoms with Gasteiger partial charge in [-0.05, 0) is 29.8 Å². The Hall–Kier alpha value is -2.12. The molecule has 0 spiro atoms. The highest BCUT2D eigenvalue weighted by Gasteiger charge is 2.25. The van der Waals surface area contributed by atoms with Crippen LogP contribution in [0.4, 0.5) is 4.39 Å². The van der Waals surface area contributed by atoms with Gasteiger partial charge >= 0.3 is 10.3 Å². The molecule has 0 atom stereocenters. The number of halogens is 1. The second-order valence-electron chi connectivity index (χ2n) is 4.53. The second-order valence-corrected chi connectivity index (χ2v) is 5.89. The first-order chi connectivity index (χ1) is 9.98. The van der Waals surface area contributed by atoms with Gasteiger partial charge in [0.1, 0.15) is 11.6 Å². The van der Waals surface area contributed by atoms with E-state index < -0.39 is 16.1 Å². The largest absolute Gasteiger partial charge is 0.497 e. The molecule has 110 valence electrons. The van der Waals surface area contributed by atoms with Crippen LogP contribution < -0.4 is 13.6 Å². The molecular weight excluding hydrogens is 297 g/mol. The van der Waals surface area contributed by atoms with Crippen LogP contribution in [0.2, 0.25) is 0 Å². The molecular formula is C14H12FNO4S. The van der Waals surface area contributed by atoms with Crippen molar-refractivity contribution in [3.63, 3.8) is 0 Å². The van der Waals surface area contributed by atoms with Crippen LogP contribution >= 0.6 is 0 Å². The highest BCUT2D eigenvalue weighted by atomic mass is 32.2. The monoisotopic (exact) mass is 309 g/mol. The molecule has 0 unspecified atom stereocenters. The molecule has 1 aliphatic heterocycles. The zero-order valence-electron chi connectivity index (χ0n) is 11.1. The first-order valence-corrected chi connectivity index (χ1v) is 7.55. The minimum absolute atomic E-state index is 0.00141. The van der Waals surface area contributed by atoms with Crippen LogP contribution in [0.1, 0.15) is 5.56 Å². The fraction of sp³-hybridized carbons (Fsp3) is 0.143. The molecule has 2 aromatic rings. The molecule has 21 heavy (non-hydrogen) atoms. The summed E-state index contributed by atoms with van der Waals surface area (Å²) in [6.07, 6.45) is 0. The molecule has 1 N–H and O–H groups in total. The molecule has 2 aromatic carbocycles. The Balaban J connectivity index is 2.15. The summed E-state index contributed by atoms with van der Waals surface area (Å²) in [5.41, 5.74) is 1.48. The Labute approximate surface area is 121 Å². The summed E-state index contributed by atoms with van der Waals surface area (Å²) in [5, 5.41) is 0. The summed E-state index contributed by atoms with van der Waals surface area (Å²) >= 11 is 0. The molecule has 0 bridgehead atoms. The second kappa shape index (κ2) is 5.01. The fourth-order valence-electron chi connectivity index (χ4n) is 2.17. The molecule has 0 fully saturated rings. The van der Waals surface area contributed by atoms with Crippen molar-refractivity contribution in [2.24, 2.45) is 0 Å². The number of hydrogen-bond acceptors (Lipinski definition) is 4. The summed E-state index contributed by atoms with van der Waals surface area (Å²) in [6.45, 7) is -0.00141. The third-order valence-electron chi connectivity index (χ3n) is 3.16. The van der Waals surface area contributed by atoms with E-state index in [0.717, 1.165) is 0 Å². The van der Waals surface area contributed by atoms with E-state index in [9.17, 15) is 12.8 Å². The maximum atomic E-state index is 13.7. The predicted molar refractivity (Wildman–Crippen MR) is 74.8 cm³/mol. The highest BCUT2D eigenvalue weighted by molar-refractivity contribution is 7.85. The lowest BCUT2D eigenvalue weighted by molar-refractivity contribution is 0.415. The number of benzene rings is 2. The first kappa shape index (κ1) is 13.8. The molecule has 1 heterocycles. The minimum atomic E-state index is -3.85. The molecule has 5 nitrogen and oxygen atoms in total. The fourth-order valence-corrected chi connectivity index (χ4v) is 2.98. The van der Waals surface area contributed by atoms with Crippen molar-refractivity contribution in [2.75, 3.05) is 7.11 Å². The molecule has 1 aliphatic rings. The topological polar surface area (TPSA) is 64.6 Å². The molecule has 0 saturated heterocycles. The zero-order valence-corrected chi connectivity index (χ0v) is 11.9. The van der Waals surface area contributed by atoms with E-state index in [1.807, 2.05) is 0 Å². The Kier molecular flexibility index (Phi) is 3.30. The molecule has 7 heteroatoms. The van der Waals surface area contributed by atoms with E-state index in [1.165, 1.54) is 12.1 Å². The van der Waals surface area contributed by atoms with Crippen LogP contribution in [-0.2, 0) is 16.8 Å². The van der Waals surface area contributed by atoms with E-state index in [0.29, 0.717) is 22.4 Å². The van der Waals surface area contributed by atoms with Gasteiger partial charge in [-0.3, -0.25) is 0 Å². The summed E-state index contributed by atoms with van der Waals surface area (Å²) in [6, 6.07) is 9.35. The van der Waals surface area contributed by atoms with Crippen LogP contribution in [0.3, 0.4) is 0 Å². The van der Waals surface area contributed by atoms with Crippen molar-refractivity contribution in [3.05, 3.63) is 47.8 Å². The highest BCUT2D eigenvalue weighted by Crippen LogP contribution is 2.37. The average molecular weight is 309 g/mol. The van der Waals surface area contributed by atoms with Crippen LogP contribution in [0, 0.1) is 5.82 Å². The predicted octanol–water partition coefficient (Wildman–Crippen LogP) is 2.23. The first-order valence-electron chi connectivity index (χ1n) is 6.14. The van der Waals surface area contributed by atoms with Crippen LogP contribution in [0.15, 0.2) is 36.4 Å². The quantitative estimate of drug-likeness (QED) is 0.924. The molecule has 0 radical (unpaired) electrons. The van der Waals surface area contributed by atoms with Gasteiger partial charge in [0, 0.05) is 17.7 Å². The van der Waals surface area contributed by atoms with Gasteiger partial charge in [0.05, 0.1) is 7.11 Å². The molecule has 0 aliphatic carbocycles. The van der Waals surface area contributed by atoms with Gasteiger partial charge in [-0.2, -0.15) is 13.1 Å². The maximum absolute atomic E-state index is 13.7. The van der Waals surface area contributed by atoms with E-state index in [-0.39, 0.29) is 12.3 Å². The standard InChI is InChI=1S/C14H12FNO4S/c1-19-12-4-2-9(3-5-12)13-7-11(15)6-10-8-16-21(17,18)20-14(10)13/h2-7,16H,8H2,1H3. The van der Waals surface area contributed by atoms with Crippen molar-refractivity contribution in [3.8, 4) is 22.6 Å². The lowest BCUT2D eigenvalue weighted by atomic mass is 10.0. The number of methoxy groups -OCH3 is 1. The van der Waals surface area contributed by atoms with Crippen molar-refractivity contribution in [2.45, 2.75) is 6.54 Å². The minimum Gasteiger partial charge on any atom is -0.497 e. The normalized spacial score (nSPS) is 15.9. The van der Waals surface area contributed by atoms with Gasteiger partial charge in [0.2, 0.25) is 0 Å². The van der Waals surface area contributed by atoms with Gasteiger partial charge in [-0.15, -0.1) is 0 Å². The number of hydrogen-bond donors (Lipinski definition) is 1. The summed E-state index contributed by atoms with van der Waals surface area (Å²) in [5.74, 6) is 0.351. The average Bonchev–Trinajstić information content (AvgIpc) is 2.46. The zero-order chi connectivity index (χ0) is 15.0. The van der Waals surface area contributed by atoms with Crippen LogP contribution in [-0.4, -0.2) is 15.5 Å². The van der Waals surface area contributed by atoms with Crippen LogP contribution in [0.25, 0.3) is 11.1 Å². The SMILES string of the molecule is COc1ccc(-c2cc(F)cc3c2OS(=O)(=O)NC3)cc1. The summed E-state index contributed by atoms with van der Waals surface area (Å²) in [4.78, 5) is 0. The smallest absolute Gasteiger partial charge is 0.382 e. The number of nitrogens with one attached hydrogen (secondary N) is 1. The van der Waals surface area contributed by atoms with Gasteiger partial charge < -0.3 is 8.92 Å². The van der Waals surface area contributed by atoms with Gasteiger partial charge in [-0.25, -0.2) is 4.39 Å². The van der Waals surface area contributed by atoms with Crippen molar-refractivity contribution in [1.29, 1.82) is 0 Å². The Bertz CT molecular complexity index is 787. The van der Waals surface area contributed by atoms with Crippen molar-refractivity contribution in [1.82, 2.24) is 4.72 Å². The Morgan fingerprint density at radius 2 is 1.95 bits per heavy atom. The van der Waals surface area contributed by atoms with Gasteiger partial charge in [0.15, 0.2) is 5.75 Å². The van der Waals surface area contributed by atoms with Crippen molar-refractivity contribution >= 4 is 10.3 Å². The number of fused-ring (bicyclic) bond motifs is 1. The van der Waals surface area contributed by atoms with E-state index in [1.54, 1.807) is 31.4 Å². The van der Waals surface area contributed by atoms with E-state index in [4.69, 9.17) is 8.92 Å². The Morgan fingerprint density at radius 1 is 1.24 bits per heavy atom. The number of ether oxygens (including phenoxy) is 1. The van der Waals surface area contributed by atoms with E-state index in [2.05, 4.69) is 4.72 Å². The lowest BCUT2D eigenvalue weighted by Crippen LogP contribution is -2.32. The van der Waals surface area contributed by atoms with Gasteiger partial charge in [-0.1, -0.05) is 12.1 Å². The summed E-state index contributed by atoms with van der Waals surface area (Å²) in [7, 11) is -2.31. The molecule has 3 rings (SSSR count). The Morgan fingerprint density at radius 3 is 2.62 bits per heavy atom. The maximum Gasteiger partial charge on any atom is 0.382 e. The number of rotatable bonds is 2. The third-order valence-corrected chi connectivity index (χ3v) is 4.05. The van der Waals surface area contributed by atoms with Gasteiger partial charge in [0.25, 0.3) is 0 Å². The summed E-state index contributed by atoms with van der Waals surface area (Å²) < 4.78 is 49.0. The van der Waals surface area contributed by atoms with E-state index >= 15 is 0 Å². The lowest BCUT2D eigenvalue weighted by Gasteiger charge is -2.21.